The number of benzene rings is 2. The first-order valence-electron chi connectivity index (χ1n) is 16.2. The predicted molar refractivity (Wildman–Crippen MR) is 190 cm³/mol. The van der Waals surface area contributed by atoms with E-state index in [4.69, 9.17) is 4.74 Å². The van der Waals surface area contributed by atoms with Gasteiger partial charge in [0.2, 0.25) is 0 Å². The number of rotatable bonds is 11. The van der Waals surface area contributed by atoms with Gasteiger partial charge in [-0.3, -0.25) is 4.79 Å². The molecule has 2 heteroatoms. The van der Waals surface area contributed by atoms with Crippen LogP contribution < -0.4 is 4.74 Å². The lowest BCUT2D eigenvalue weighted by molar-refractivity contribution is -0.119. The van der Waals surface area contributed by atoms with Crippen molar-refractivity contribution in [3.05, 3.63) is 83.4 Å². The molecule has 0 aromatic heterocycles. The summed E-state index contributed by atoms with van der Waals surface area (Å²) in [5, 5.41) is 0. The number of Topliss-reactive ketones (excluding diaryl/α,β-unsaturated/α-hetero) is 1. The Labute approximate surface area is 262 Å². The fourth-order valence-corrected chi connectivity index (χ4v) is 3.90. The van der Waals surface area contributed by atoms with Crippen LogP contribution in [0.2, 0.25) is 0 Å². The Kier molecular flexibility index (Phi) is 29.0. The Balaban J connectivity index is -0.000000917. The summed E-state index contributed by atoms with van der Waals surface area (Å²) in [6, 6.07) is 14.6. The summed E-state index contributed by atoms with van der Waals surface area (Å²) in [5.74, 6) is 8.54. The molecular formula is C40H64O2. The van der Waals surface area contributed by atoms with Gasteiger partial charge in [0, 0.05) is 17.0 Å². The largest absolute Gasteiger partial charge is 0.496 e. The van der Waals surface area contributed by atoms with Gasteiger partial charge in [-0.05, 0) is 74.9 Å². The van der Waals surface area contributed by atoms with Crippen molar-refractivity contribution >= 4 is 11.4 Å². The zero-order chi connectivity index (χ0) is 33.1. The SMILES string of the molecule is C=C(C)C(C)C(C)=O.C=C(C)c1ccc(C#Cc2ccc(CCCC(CC)CCC)c(OC)c2)cc1.CC.CC.CC. The summed E-state index contributed by atoms with van der Waals surface area (Å²) in [6.07, 6.45) is 7.50. The smallest absolute Gasteiger partial charge is 0.136 e. The Morgan fingerprint density at radius 1 is 0.833 bits per heavy atom. The molecule has 2 rings (SSSR count). The molecule has 0 saturated carbocycles. The molecule has 2 unspecified atom stereocenters. The third-order valence-electron chi connectivity index (χ3n) is 6.70. The Morgan fingerprint density at radius 2 is 1.36 bits per heavy atom. The van der Waals surface area contributed by atoms with Gasteiger partial charge < -0.3 is 4.74 Å². The molecule has 2 aromatic carbocycles. The summed E-state index contributed by atoms with van der Waals surface area (Å²) in [5.41, 5.74) is 6.44. The summed E-state index contributed by atoms with van der Waals surface area (Å²) in [7, 11) is 1.75. The molecule has 0 amide bonds. The normalized spacial score (nSPS) is 10.5. The van der Waals surface area contributed by atoms with Gasteiger partial charge in [0.15, 0.2) is 0 Å². The standard InChI is InChI=1S/C27H34O.C7H12O.3C2H6/c1-6-9-22(7-2)10-8-11-26-19-16-24(20-27(26)28-5)13-12-23-14-17-25(18-15-23)21(3)4;1-5(2)6(3)7(4)8;3*1-2/h14-20,22H,3,6-11H2,1-2,4-5H3;6H,1H2,2-4H3;3*1-2H3. The van der Waals surface area contributed by atoms with Crippen LogP contribution in [0.25, 0.3) is 5.57 Å². The lowest BCUT2D eigenvalue weighted by Gasteiger charge is -2.14. The molecule has 236 valence electrons. The molecule has 0 radical (unpaired) electrons. The van der Waals surface area contributed by atoms with E-state index in [1.165, 1.54) is 37.7 Å². The molecule has 2 atom stereocenters. The number of methoxy groups -OCH3 is 1. The van der Waals surface area contributed by atoms with Crippen molar-refractivity contribution in [2.24, 2.45) is 11.8 Å². The van der Waals surface area contributed by atoms with Crippen LogP contribution in [-0.4, -0.2) is 12.9 Å². The number of hydrogen-bond donors (Lipinski definition) is 0. The molecule has 0 heterocycles. The number of ketones is 1. The number of hydrogen-bond acceptors (Lipinski definition) is 2. The fourth-order valence-electron chi connectivity index (χ4n) is 3.90. The molecule has 2 nitrogen and oxygen atoms in total. The van der Waals surface area contributed by atoms with Crippen molar-refractivity contribution < 1.29 is 9.53 Å². The summed E-state index contributed by atoms with van der Waals surface area (Å²) in [6.45, 7) is 31.5. The minimum absolute atomic E-state index is 0.0370. The zero-order valence-corrected chi connectivity index (χ0v) is 29.7. The number of aryl methyl sites for hydroxylation is 1. The molecule has 0 aliphatic heterocycles. The van der Waals surface area contributed by atoms with Crippen LogP contribution >= 0.6 is 0 Å². The van der Waals surface area contributed by atoms with Gasteiger partial charge in [-0.25, -0.2) is 0 Å². The predicted octanol–water partition coefficient (Wildman–Crippen LogP) is 12.1. The molecule has 0 spiro atoms. The van der Waals surface area contributed by atoms with E-state index in [1.807, 2.05) is 74.4 Å². The fraction of sp³-hybridized carbons (Fsp3) is 0.525. The van der Waals surface area contributed by atoms with Crippen LogP contribution in [0.15, 0.2) is 61.2 Å². The van der Waals surface area contributed by atoms with Crippen molar-refractivity contribution in [3.8, 4) is 17.6 Å². The summed E-state index contributed by atoms with van der Waals surface area (Å²) in [4.78, 5) is 10.5. The van der Waals surface area contributed by atoms with Crippen LogP contribution in [0.3, 0.4) is 0 Å². The van der Waals surface area contributed by atoms with E-state index in [-0.39, 0.29) is 11.7 Å². The van der Waals surface area contributed by atoms with E-state index in [2.05, 4.69) is 69.2 Å². The molecule has 0 aliphatic carbocycles. The molecule has 0 aliphatic rings. The monoisotopic (exact) mass is 576 g/mol. The first-order chi connectivity index (χ1) is 20.1. The molecule has 0 saturated heterocycles. The highest BCUT2D eigenvalue weighted by molar-refractivity contribution is 5.80. The topological polar surface area (TPSA) is 26.3 Å². The zero-order valence-electron chi connectivity index (χ0n) is 29.7. The number of ether oxygens (including phenoxy) is 1. The van der Waals surface area contributed by atoms with Crippen molar-refractivity contribution in [2.45, 2.75) is 122 Å². The highest BCUT2D eigenvalue weighted by Gasteiger charge is 2.08. The summed E-state index contributed by atoms with van der Waals surface area (Å²) < 4.78 is 5.63. The van der Waals surface area contributed by atoms with E-state index >= 15 is 0 Å². The van der Waals surface area contributed by atoms with Gasteiger partial charge in [0.05, 0.1) is 7.11 Å². The van der Waals surface area contributed by atoms with E-state index in [9.17, 15) is 4.79 Å². The summed E-state index contributed by atoms with van der Waals surface area (Å²) >= 11 is 0. The van der Waals surface area contributed by atoms with E-state index < -0.39 is 0 Å². The molecular weight excluding hydrogens is 512 g/mol. The molecule has 42 heavy (non-hydrogen) atoms. The van der Waals surface area contributed by atoms with Crippen LogP contribution in [0.4, 0.5) is 0 Å². The van der Waals surface area contributed by atoms with E-state index in [0.717, 1.165) is 45.9 Å². The first-order valence-corrected chi connectivity index (χ1v) is 16.2. The molecule has 0 bridgehead atoms. The van der Waals surface area contributed by atoms with E-state index in [1.54, 1.807) is 14.0 Å². The number of allylic oxidation sites excluding steroid dienone is 2. The average molecular weight is 577 g/mol. The maximum atomic E-state index is 10.5. The quantitative estimate of drug-likeness (QED) is 0.196. The maximum Gasteiger partial charge on any atom is 0.136 e. The second-order valence-corrected chi connectivity index (χ2v) is 9.77. The van der Waals surface area contributed by atoms with Gasteiger partial charge in [0.1, 0.15) is 11.5 Å². The van der Waals surface area contributed by atoms with Gasteiger partial charge in [-0.15, -0.1) is 0 Å². The van der Waals surface area contributed by atoms with Gasteiger partial charge >= 0.3 is 0 Å². The number of carbonyl (C=O) groups excluding carboxylic acids is 1. The van der Waals surface area contributed by atoms with Crippen LogP contribution in [-0.2, 0) is 11.2 Å². The van der Waals surface area contributed by atoms with Gasteiger partial charge in [0.25, 0.3) is 0 Å². The third-order valence-corrected chi connectivity index (χ3v) is 6.70. The molecule has 2 aromatic rings. The Bertz CT molecular complexity index is 1030. The highest BCUT2D eigenvalue weighted by atomic mass is 16.5. The lowest BCUT2D eigenvalue weighted by Crippen LogP contribution is -2.05. The van der Waals surface area contributed by atoms with Crippen molar-refractivity contribution in [1.29, 1.82) is 0 Å². The second kappa shape index (κ2) is 28.1. The van der Waals surface area contributed by atoms with Crippen molar-refractivity contribution in [2.75, 3.05) is 7.11 Å². The Morgan fingerprint density at radius 3 is 1.76 bits per heavy atom. The lowest BCUT2D eigenvalue weighted by atomic mass is 9.93. The average Bonchev–Trinajstić information content (AvgIpc) is 3.02. The van der Waals surface area contributed by atoms with Crippen LogP contribution in [0, 0.1) is 23.7 Å². The van der Waals surface area contributed by atoms with Crippen LogP contribution in [0.1, 0.15) is 137 Å². The highest BCUT2D eigenvalue weighted by Crippen LogP contribution is 2.24. The van der Waals surface area contributed by atoms with Crippen molar-refractivity contribution in [1.82, 2.24) is 0 Å². The minimum atomic E-state index is 0.0370. The first kappa shape index (κ1) is 43.4. The maximum absolute atomic E-state index is 10.5. The molecule has 0 N–H and O–H groups in total. The number of carbonyl (C=O) groups is 1. The van der Waals surface area contributed by atoms with Gasteiger partial charge in [-0.2, -0.15) is 0 Å². The van der Waals surface area contributed by atoms with Crippen LogP contribution in [0.5, 0.6) is 5.75 Å². The van der Waals surface area contributed by atoms with Gasteiger partial charge in [-0.1, -0.05) is 142 Å². The van der Waals surface area contributed by atoms with E-state index in [0.29, 0.717) is 0 Å². The second-order valence-electron chi connectivity index (χ2n) is 9.77. The molecule has 0 fully saturated rings. The third kappa shape index (κ3) is 19.1. The van der Waals surface area contributed by atoms with Crippen molar-refractivity contribution in [3.63, 3.8) is 0 Å². The Hall–Kier alpha value is -3.05. The minimum Gasteiger partial charge on any atom is -0.496 e.